The summed E-state index contributed by atoms with van der Waals surface area (Å²) < 4.78 is 30.3. The Morgan fingerprint density at radius 3 is 2.07 bits per heavy atom. The summed E-state index contributed by atoms with van der Waals surface area (Å²) in [7, 11) is 0. The average Bonchev–Trinajstić information content (AvgIpc) is 3.17. The van der Waals surface area contributed by atoms with E-state index in [2.05, 4.69) is 5.32 Å². The highest BCUT2D eigenvalue weighted by atomic mass is 16.6. The molecule has 3 fully saturated rings. The van der Waals surface area contributed by atoms with Crippen LogP contribution in [0.5, 0.6) is 0 Å². The van der Waals surface area contributed by atoms with Crippen molar-refractivity contribution in [1.29, 1.82) is 0 Å². The number of aliphatic hydroxyl groups excluding tert-OH is 2. The number of nitrogens with one attached hydrogen (secondary N) is 1. The van der Waals surface area contributed by atoms with Crippen molar-refractivity contribution >= 4 is 35.6 Å². The van der Waals surface area contributed by atoms with Gasteiger partial charge >= 0.3 is 23.9 Å². The monoisotopic (exact) mass is 847 g/mol. The lowest BCUT2D eigenvalue weighted by Crippen LogP contribution is -2.82. The van der Waals surface area contributed by atoms with E-state index in [0.29, 0.717) is 5.56 Å². The van der Waals surface area contributed by atoms with Crippen LogP contribution in [0.4, 0.5) is 0 Å². The molecule has 1 aliphatic heterocycles. The van der Waals surface area contributed by atoms with Gasteiger partial charge in [-0.25, -0.2) is 9.59 Å². The molecule has 1 heterocycles. The van der Waals surface area contributed by atoms with E-state index in [9.17, 15) is 39.3 Å². The number of hydrogen-bond donors (Lipinski definition) is 4. The van der Waals surface area contributed by atoms with E-state index in [1.54, 1.807) is 62.4 Å². The molecule has 2 bridgehead atoms. The highest BCUT2D eigenvalue weighted by Gasteiger charge is 2.78. The van der Waals surface area contributed by atoms with Gasteiger partial charge in [0.2, 0.25) is 5.91 Å². The second-order valence-electron chi connectivity index (χ2n) is 18.8. The first-order valence-corrected chi connectivity index (χ1v) is 20.5. The molecule has 0 spiro atoms. The van der Waals surface area contributed by atoms with E-state index in [0.717, 1.165) is 13.8 Å². The third kappa shape index (κ3) is 8.01. The molecule has 0 unspecified atom stereocenters. The lowest BCUT2D eigenvalue weighted by atomic mass is 9.44. The molecule has 2 saturated carbocycles. The predicted octanol–water partition coefficient (Wildman–Crippen LogP) is 3.86. The fourth-order valence-corrected chi connectivity index (χ4v) is 10.1. The molecule has 1 saturated heterocycles. The first-order valence-electron chi connectivity index (χ1n) is 20.5. The van der Waals surface area contributed by atoms with Crippen molar-refractivity contribution in [3.8, 4) is 0 Å². The van der Waals surface area contributed by atoms with Gasteiger partial charge in [0.05, 0.1) is 35.6 Å². The van der Waals surface area contributed by atoms with Crippen LogP contribution < -0.4 is 5.32 Å². The van der Waals surface area contributed by atoms with Crippen LogP contribution in [0.25, 0.3) is 0 Å². The Balaban J connectivity index is 1.54. The summed E-state index contributed by atoms with van der Waals surface area (Å²) in [4.78, 5) is 83.2. The van der Waals surface area contributed by atoms with Gasteiger partial charge in [-0.1, -0.05) is 83.1 Å². The number of ketones is 1. The van der Waals surface area contributed by atoms with E-state index in [1.165, 1.54) is 26.0 Å². The van der Waals surface area contributed by atoms with Crippen LogP contribution in [0, 0.1) is 22.2 Å². The van der Waals surface area contributed by atoms with E-state index < -0.39 is 118 Å². The second-order valence-corrected chi connectivity index (χ2v) is 18.8. The number of amides is 1. The molecule has 15 nitrogen and oxygen atoms in total. The molecule has 0 aromatic heterocycles. The van der Waals surface area contributed by atoms with Crippen molar-refractivity contribution in [1.82, 2.24) is 5.32 Å². The highest BCUT2D eigenvalue weighted by Crippen LogP contribution is 2.64. The van der Waals surface area contributed by atoms with Crippen LogP contribution in [-0.2, 0) is 47.7 Å². The van der Waals surface area contributed by atoms with Crippen molar-refractivity contribution in [2.75, 3.05) is 6.61 Å². The average molecular weight is 848 g/mol. The Morgan fingerprint density at radius 2 is 1.52 bits per heavy atom. The van der Waals surface area contributed by atoms with Crippen LogP contribution in [0.3, 0.4) is 0 Å². The van der Waals surface area contributed by atoms with Gasteiger partial charge < -0.3 is 44.3 Å². The molecule has 4 aliphatic rings. The van der Waals surface area contributed by atoms with Crippen LogP contribution >= 0.6 is 0 Å². The first kappa shape index (κ1) is 45.6. The maximum atomic E-state index is 15.5. The number of fused-ring (bicyclic) bond motifs is 5. The molecule has 0 radical (unpaired) electrons. The molecule has 3 aliphatic carbocycles. The summed E-state index contributed by atoms with van der Waals surface area (Å²) >= 11 is 0. The zero-order valence-corrected chi connectivity index (χ0v) is 36.1. The van der Waals surface area contributed by atoms with Gasteiger partial charge in [-0.05, 0) is 48.1 Å². The number of carbonyl (C=O) groups is 6. The molecule has 330 valence electrons. The van der Waals surface area contributed by atoms with Crippen molar-refractivity contribution in [3.05, 3.63) is 82.9 Å². The molecule has 6 rings (SSSR count). The second kappa shape index (κ2) is 16.4. The van der Waals surface area contributed by atoms with Crippen molar-refractivity contribution < 1.29 is 67.8 Å². The molecule has 61 heavy (non-hydrogen) atoms. The Bertz CT molecular complexity index is 2090. The number of Topliss-reactive ketones (excluding diaryl/α,β-unsaturated/α-hetero) is 1. The van der Waals surface area contributed by atoms with Gasteiger partial charge in [-0.3, -0.25) is 19.2 Å². The van der Waals surface area contributed by atoms with Crippen molar-refractivity contribution in [2.24, 2.45) is 22.2 Å². The molecule has 15 heteroatoms. The zero-order valence-electron chi connectivity index (χ0n) is 36.1. The molecule has 2 aromatic carbocycles. The number of esters is 4. The van der Waals surface area contributed by atoms with Gasteiger partial charge in [0, 0.05) is 38.5 Å². The summed E-state index contributed by atoms with van der Waals surface area (Å²) in [5.74, 6) is -6.63. The van der Waals surface area contributed by atoms with Gasteiger partial charge in [0.25, 0.3) is 0 Å². The quantitative estimate of drug-likeness (QED) is 0.152. The summed E-state index contributed by atoms with van der Waals surface area (Å²) in [6.45, 7) is 13.6. The van der Waals surface area contributed by atoms with Crippen LogP contribution in [0.2, 0.25) is 0 Å². The third-order valence-electron chi connectivity index (χ3n) is 13.2. The maximum absolute atomic E-state index is 15.5. The number of hydrogen-bond acceptors (Lipinski definition) is 14. The fraction of sp³-hybridized carbons (Fsp3) is 0.565. The minimum absolute atomic E-state index is 0.00739. The maximum Gasteiger partial charge on any atom is 0.338 e. The van der Waals surface area contributed by atoms with Crippen LogP contribution in [0.1, 0.15) is 104 Å². The van der Waals surface area contributed by atoms with Gasteiger partial charge in [-0.2, -0.15) is 0 Å². The summed E-state index contributed by atoms with van der Waals surface area (Å²) in [5.41, 5.74) is -7.60. The minimum atomic E-state index is -2.38. The van der Waals surface area contributed by atoms with Crippen molar-refractivity contribution in [3.63, 3.8) is 0 Å². The Labute approximate surface area is 355 Å². The smallest absolute Gasteiger partial charge is 0.338 e. The minimum Gasteiger partial charge on any atom is -0.456 e. The third-order valence-corrected chi connectivity index (χ3v) is 13.2. The van der Waals surface area contributed by atoms with Crippen LogP contribution in [-0.4, -0.2) is 105 Å². The molecule has 1 amide bonds. The van der Waals surface area contributed by atoms with E-state index in [-0.39, 0.29) is 36.2 Å². The zero-order chi connectivity index (χ0) is 45.0. The number of rotatable bonds is 10. The fourth-order valence-electron chi connectivity index (χ4n) is 10.1. The highest BCUT2D eigenvalue weighted by molar-refractivity contribution is 5.95. The van der Waals surface area contributed by atoms with E-state index in [4.69, 9.17) is 23.7 Å². The van der Waals surface area contributed by atoms with Gasteiger partial charge in [0.15, 0.2) is 23.6 Å². The molecule has 2 aromatic rings. The predicted molar refractivity (Wildman–Crippen MR) is 216 cm³/mol. The standard InChI is InChI=1S/C46H57NO14/c1-24-29(59-41(55)35(52)34(27-16-12-10-13-17-27)47-32(51)22-42(4,5)6)21-46(56)39(60-40(54)28-18-14-11-15-19-28)37-44(9,30(50)20-31-45(37,23-57-31)61-26(3)49)38(53)36(58-25(2)48)33(24)43(46,7)8/h10-19,29-31,34-37,39,50,52,56H,20-23H2,1-9H3,(H,47,51)/t29-,30-,31+,34-,35+,36+,37-,39-,44+,45-,46+/m0/s1. The molecule has 4 N–H and O–H groups in total. The van der Waals surface area contributed by atoms with E-state index >= 15 is 4.79 Å². The van der Waals surface area contributed by atoms with Gasteiger partial charge in [-0.15, -0.1) is 0 Å². The number of benzene rings is 2. The molecule has 11 atom stereocenters. The molecular formula is C46H57NO14. The molecular weight excluding hydrogens is 790 g/mol. The van der Waals surface area contributed by atoms with Gasteiger partial charge in [0.1, 0.15) is 23.9 Å². The summed E-state index contributed by atoms with van der Waals surface area (Å²) in [6, 6.07) is 14.9. The Kier molecular flexibility index (Phi) is 12.2. The van der Waals surface area contributed by atoms with Crippen molar-refractivity contribution in [2.45, 2.75) is 135 Å². The largest absolute Gasteiger partial charge is 0.456 e. The van der Waals surface area contributed by atoms with E-state index in [1.807, 2.05) is 20.8 Å². The number of aliphatic hydroxyl groups is 3. The Hall–Kier alpha value is -4.96. The lowest BCUT2D eigenvalue weighted by Gasteiger charge is -2.67. The SMILES string of the molecule is CC(=O)O[C@H]1C(=O)[C@@]2(C)[C@H]([C@H](OC(=O)c3ccccc3)[C@]3(O)C[C@H](OC(=O)[C@H](O)[C@@H](NC(=O)CC(C)(C)C)c4ccccc4)C(C)=C1C3(C)C)[C@]1(OC(C)=O)CO[C@@H]1C[C@@H]2O. The Morgan fingerprint density at radius 1 is 0.918 bits per heavy atom. The summed E-state index contributed by atoms with van der Waals surface area (Å²) in [6.07, 6.45) is -10.3. The summed E-state index contributed by atoms with van der Waals surface area (Å²) in [5, 5.41) is 40.2. The number of carbonyl (C=O) groups excluding carboxylic acids is 6. The lowest BCUT2D eigenvalue weighted by molar-refractivity contribution is -0.346. The first-order chi connectivity index (χ1) is 28.4. The van der Waals surface area contributed by atoms with Crippen LogP contribution in [0.15, 0.2) is 71.8 Å². The topological polar surface area (TPSA) is 221 Å². The number of ether oxygens (including phenoxy) is 5. The normalized spacial score (nSPS) is 32.6.